The molecule has 104 valence electrons. The molecule has 0 heterocycles. The first kappa shape index (κ1) is 16.0. The molecule has 19 heavy (non-hydrogen) atoms. The zero-order chi connectivity index (χ0) is 14.4. The molecule has 0 aliphatic rings. The van der Waals surface area contributed by atoms with Gasteiger partial charge < -0.3 is 10.4 Å². The smallest absolute Gasteiger partial charge is 0.326 e. The van der Waals surface area contributed by atoms with Crippen molar-refractivity contribution in [2.75, 3.05) is 12.0 Å². The number of carboxylic acid groups (broad SMARTS) is 1. The molecule has 0 radical (unpaired) electrons. The molecule has 1 amide bonds. The molecule has 0 aliphatic carbocycles. The number of benzene rings is 1. The van der Waals surface area contributed by atoms with Gasteiger partial charge in [-0.1, -0.05) is 0 Å². The number of hydrogen-bond acceptors (Lipinski definition) is 3. The highest BCUT2D eigenvalue weighted by molar-refractivity contribution is 9.10. The molecule has 0 aliphatic heterocycles. The van der Waals surface area contributed by atoms with Gasteiger partial charge in [0.15, 0.2) is 0 Å². The molecule has 1 atom stereocenters. The molecule has 0 saturated carbocycles. The normalized spacial score (nSPS) is 11.9. The molecule has 0 bridgehead atoms. The summed E-state index contributed by atoms with van der Waals surface area (Å²) in [5.74, 6) is -1.65. The van der Waals surface area contributed by atoms with Gasteiger partial charge in [0.05, 0.1) is 5.56 Å². The minimum Gasteiger partial charge on any atom is -0.480 e. The van der Waals surface area contributed by atoms with Crippen LogP contribution in [0.5, 0.6) is 0 Å². The number of halogens is 2. The summed E-state index contributed by atoms with van der Waals surface area (Å²) in [6.45, 7) is 0. The number of carboxylic acids is 1. The van der Waals surface area contributed by atoms with E-state index in [9.17, 15) is 14.0 Å². The van der Waals surface area contributed by atoms with Gasteiger partial charge >= 0.3 is 5.97 Å². The summed E-state index contributed by atoms with van der Waals surface area (Å²) in [6.07, 6.45) is 2.17. The molecule has 0 aromatic heterocycles. The van der Waals surface area contributed by atoms with Crippen molar-refractivity contribution in [3.8, 4) is 0 Å². The Kier molecular flexibility index (Phi) is 6.30. The Morgan fingerprint density at radius 1 is 1.53 bits per heavy atom. The van der Waals surface area contributed by atoms with E-state index in [4.69, 9.17) is 5.11 Å². The van der Waals surface area contributed by atoms with Crippen LogP contribution in [0.15, 0.2) is 22.7 Å². The number of carbonyl (C=O) groups is 2. The van der Waals surface area contributed by atoms with Crippen molar-refractivity contribution in [1.82, 2.24) is 5.32 Å². The van der Waals surface area contributed by atoms with Crippen LogP contribution in [0.4, 0.5) is 4.39 Å². The quantitative estimate of drug-likeness (QED) is 0.828. The van der Waals surface area contributed by atoms with Crippen LogP contribution in [0.1, 0.15) is 16.8 Å². The Morgan fingerprint density at radius 3 is 2.79 bits per heavy atom. The lowest BCUT2D eigenvalue weighted by Gasteiger charge is -2.14. The van der Waals surface area contributed by atoms with Crippen LogP contribution in [-0.4, -0.2) is 35.0 Å². The van der Waals surface area contributed by atoms with Gasteiger partial charge in [-0.3, -0.25) is 4.79 Å². The van der Waals surface area contributed by atoms with Crippen LogP contribution in [0, 0.1) is 5.82 Å². The fourth-order valence-corrected chi connectivity index (χ4v) is 2.30. The van der Waals surface area contributed by atoms with E-state index < -0.39 is 23.7 Å². The molecular weight excluding hydrogens is 337 g/mol. The summed E-state index contributed by atoms with van der Waals surface area (Å²) in [5, 5.41) is 11.4. The van der Waals surface area contributed by atoms with Gasteiger partial charge in [-0.15, -0.1) is 0 Å². The lowest BCUT2D eigenvalue weighted by atomic mass is 10.1. The number of hydrogen-bond donors (Lipinski definition) is 2. The molecule has 1 aromatic rings. The Labute approximate surface area is 122 Å². The van der Waals surface area contributed by atoms with Crippen molar-refractivity contribution in [1.29, 1.82) is 0 Å². The van der Waals surface area contributed by atoms with Crippen molar-refractivity contribution in [2.45, 2.75) is 12.5 Å². The van der Waals surface area contributed by atoms with E-state index in [0.717, 1.165) is 6.07 Å². The monoisotopic (exact) mass is 349 g/mol. The van der Waals surface area contributed by atoms with Crippen LogP contribution in [0.25, 0.3) is 0 Å². The highest BCUT2D eigenvalue weighted by Gasteiger charge is 2.21. The van der Waals surface area contributed by atoms with Gasteiger partial charge in [-0.25, -0.2) is 9.18 Å². The van der Waals surface area contributed by atoms with Crippen LogP contribution < -0.4 is 5.32 Å². The van der Waals surface area contributed by atoms with Crippen molar-refractivity contribution in [2.24, 2.45) is 0 Å². The van der Waals surface area contributed by atoms with Crippen molar-refractivity contribution < 1.29 is 19.1 Å². The average molecular weight is 350 g/mol. The van der Waals surface area contributed by atoms with E-state index in [1.807, 2.05) is 6.26 Å². The molecule has 0 saturated heterocycles. The molecule has 4 nitrogen and oxygen atoms in total. The lowest BCUT2D eigenvalue weighted by Crippen LogP contribution is -2.41. The summed E-state index contributed by atoms with van der Waals surface area (Å²) < 4.78 is 13.5. The lowest BCUT2D eigenvalue weighted by molar-refractivity contribution is -0.139. The predicted molar refractivity (Wildman–Crippen MR) is 76.0 cm³/mol. The molecule has 1 rings (SSSR count). The summed E-state index contributed by atoms with van der Waals surface area (Å²) in [5.41, 5.74) is 0.0791. The van der Waals surface area contributed by atoms with E-state index in [1.165, 1.54) is 23.9 Å². The van der Waals surface area contributed by atoms with Gasteiger partial charge in [0.2, 0.25) is 0 Å². The summed E-state index contributed by atoms with van der Waals surface area (Å²) in [4.78, 5) is 22.9. The third kappa shape index (κ3) is 4.83. The third-order valence-corrected chi connectivity index (χ3v) is 3.72. The van der Waals surface area contributed by atoms with Gasteiger partial charge in [0, 0.05) is 4.47 Å². The highest BCUT2D eigenvalue weighted by atomic mass is 79.9. The van der Waals surface area contributed by atoms with Gasteiger partial charge in [-0.05, 0) is 52.6 Å². The number of amides is 1. The molecule has 1 unspecified atom stereocenters. The number of thioether (sulfide) groups is 1. The topological polar surface area (TPSA) is 66.4 Å². The SMILES string of the molecule is CSCCC(NC(=O)c1cc(F)ccc1Br)C(=O)O. The first-order valence-electron chi connectivity index (χ1n) is 5.43. The fraction of sp³-hybridized carbons (Fsp3) is 0.333. The molecule has 1 aromatic carbocycles. The zero-order valence-corrected chi connectivity index (χ0v) is 12.6. The third-order valence-electron chi connectivity index (χ3n) is 2.39. The fourth-order valence-electron chi connectivity index (χ4n) is 1.40. The van der Waals surface area contributed by atoms with Crippen molar-refractivity contribution >= 4 is 39.6 Å². The standard InChI is InChI=1S/C12H13BrFNO3S/c1-19-5-4-10(12(17)18)15-11(16)8-6-7(14)2-3-9(8)13/h2-3,6,10H,4-5H2,1H3,(H,15,16)(H,17,18). The van der Waals surface area contributed by atoms with Gasteiger partial charge in [0.25, 0.3) is 5.91 Å². The maximum atomic E-state index is 13.1. The minimum atomic E-state index is -1.10. The second kappa shape index (κ2) is 7.49. The Morgan fingerprint density at radius 2 is 2.21 bits per heavy atom. The van der Waals surface area contributed by atoms with Crippen LogP contribution in [0.2, 0.25) is 0 Å². The van der Waals surface area contributed by atoms with Crippen LogP contribution in [0.3, 0.4) is 0 Å². The second-order valence-electron chi connectivity index (χ2n) is 3.77. The Bertz CT molecular complexity index is 484. The number of carbonyl (C=O) groups excluding carboxylic acids is 1. The van der Waals surface area contributed by atoms with Crippen molar-refractivity contribution in [3.63, 3.8) is 0 Å². The molecule has 0 fully saturated rings. The van der Waals surface area contributed by atoms with Crippen molar-refractivity contribution in [3.05, 3.63) is 34.1 Å². The predicted octanol–water partition coefficient (Wildman–Crippen LogP) is 2.52. The second-order valence-corrected chi connectivity index (χ2v) is 5.61. The minimum absolute atomic E-state index is 0.0791. The van der Waals surface area contributed by atoms with Gasteiger partial charge in [0.1, 0.15) is 11.9 Å². The number of aliphatic carboxylic acids is 1. The van der Waals surface area contributed by atoms with Gasteiger partial charge in [-0.2, -0.15) is 11.8 Å². The van der Waals surface area contributed by atoms with E-state index >= 15 is 0 Å². The highest BCUT2D eigenvalue weighted by Crippen LogP contribution is 2.18. The number of nitrogens with one attached hydrogen (secondary N) is 1. The molecular formula is C12H13BrFNO3S. The molecule has 0 spiro atoms. The van der Waals surface area contributed by atoms with E-state index in [0.29, 0.717) is 16.6 Å². The maximum absolute atomic E-state index is 13.1. The summed E-state index contributed by atoms with van der Waals surface area (Å²) in [6, 6.07) is 2.70. The van der Waals surface area contributed by atoms with Crippen LogP contribution in [-0.2, 0) is 4.79 Å². The zero-order valence-electron chi connectivity index (χ0n) is 10.2. The summed E-state index contributed by atoms with van der Waals surface area (Å²) >= 11 is 4.62. The first-order chi connectivity index (χ1) is 8.95. The number of rotatable bonds is 6. The Balaban J connectivity index is 2.81. The summed E-state index contributed by atoms with van der Waals surface area (Å²) in [7, 11) is 0. The first-order valence-corrected chi connectivity index (χ1v) is 7.62. The average Bonchev–Trinajstić information content (AvgIpc) is 2.36. The van der Waals surface area contributed by atoms with E-state index in [-0.39, 0.29) is 5.56 Å². The Hall–Kier alpha value is -1.08. The maximum Gasteiger partial charge on any atom is 0.326 e. The van der Waals surface area contributed by atoms with E-state index in [1.54, 1.807) is 0 Å². The van der Waals surface area contributed by atoms with E-state index in [2.05, 4.69) is 21.2 Å². The largest absolute Gasteiger partial charge is 0.480 e. The molecule has 7 heteroatoms. The molecule has 2 N–H and O–H groups in total. The van der Waals surface area contributed by atoms with Crippen LogP contribution >= 0.6 is 27.7 Å².